The van der Waals surface area contributed by atoms with E-state index < -0.39 is 12.0 Å². The monoisotopic (exact) mass is 283 g/mol. The van der Waals surface area contributed by atoms with Crippen molar-refractivity contribution in [3.8, 4) is 0 Å². The molecule has 1 atom stereocenters. The molecule has 1 amide bonds. The molecule has 0 aromatic heterocycles. The number of amides is 1. The van der Waals surface area contributed by atoms with Gasteiger partial charge in [-0.1, -0.05) is 31.5 Å². The van der Waals surface area contributed by atoms with Crippen LogP contribution in [0, 0.1) is 12.8 Å². The SMILES string of the molecule is Cc1ccc(Cl)cc1C(=O)NC(CC(=O)O)C(C)C. The van der Waals surface area contributed by atoms with E-state index in [1.54, 1.807) is 18.2 Å². The number of carboxylic acids is 1. The van der Waals surface area contributed by atoms with Crippen LogP contribution in [-0.4, -0.2) is 23.0 Å². The summed E-state index contributed by atoms with van der Waals surface area (Å²) >= 11 is 5.87. The second-order valence-corrected chi connectivity index (χ2v) is 5.32. The summed E-state index contributed by atoms with van der Waals surface area (Å²) in [7, 11) is 0. The van der Waals surface area contributed by atoms with Crippen molar-refractivity contribution in [1.82, 2.24) is 5.32 Å². The van der Waals surface area contributed by atoms with Gasteiger partial charge >= 0.3 is 5.97 Å². The van der Waals surface area contributed by atoms with Gasteiger partial charge in [0, 0.05) is 16.6 Å². The Bertz CT molecular complexity index is 486. The van der Waals surface area contributed by atoms with Gasteiger partial charge in [-0.15, -0.1) is 0 Å². The zero-order valence-corrected chi connectivity index (χ0v) is 12.0. The Morgan fingerprint density at radius 1 is 1.37 bits per heavy atom. The Hall–Kier alpha value is -1.55. The molecule has 1 aromatic carbocycles. The third-order valence-electron chi connectivity index (χ3n) is 2.96. The number of halogens is 1. The summed E-state index contributed by atoms with van der Waals surface area (Å²) < 4.78 is 0. The number of carbonyl (C=O) groups excluding carboxylic acids is 1. The van der Waals surface area contributed by atoms with Crippen LogP contribution in [0.3, 0.4) is 0 Å². The molecule has 0 aliphatic heterocycles. The summed E-state index contributed by atoms with van der Waals surface area (Å²) in [4.78, 5) is 22.9. The number of carboxylic acid groups (broad SMARTS) is 1. The van der Waals surface area contributed by atoms with Crippen molar-refractivity contribution in [2.75, 3.05) is 0 Å². The first-order valence-corrected chi connectivity index (χ1v) is 6.48. The third-order valence-corrected chi connectivity index (χ3v) is 3.20. The zero-order valence-electron chi connectivity index (χ0n) is 11.2. The van der Waals surface area contributed by atoms with Crippen molar-refractivity contribution in [2.45, 2.75) is 33.2 Å². The average Bonchev–Trinajstić information content (AvgIpc) is 2.30. The summed E-state index contributed by atoms with van der Waals surface area (Å²) in [6.07, 6.45) is -0.0942. The first-order valence-electron chi connectivity index (χ1n) is 6.10. The van der Waals surface area contributed by atoms with E-state index in [0.717, 1.165) is 5.56 Å². The fourth-order valence-electron chi connectivity index (χ4n) is 1.73. The highest BCUT2D eigenvalue weighted by molar-refractivity contribution is 6.31. The first-order chi connectivity index (χ1) is 8.81. The zero-order chi connectivity index (χ0) is 14.6. The standard InChI is InChI=1S/C14H18ClNO3/c1-8(2)12(7-13(17)18)16-14(19)11-6-10(15)5-4-9(11)3/h4-6,8,12H,7H2,1-3H3,(H,16,19)(H,17,18). The molecule has 1 rings (SSSR count). The van der Waals surface area contributed by atoms with Crippen LogP contribution in [-0.2, 0) is 4.79 Å². The molecule has 104 valence electrons. The smallest absolute Gasteiger partial charge is 0.305 e. The van der Waals surface area contributed by atoms with Crippen LogP contribution in [0.25, 0.3) is 0 Å². The highest BCUT2D eigenvalue weighted by atomic mass is 35.5. The van der Waals surface area contributed by atoms with E-state index in [-0.39, 0.29) is 18.2 Å². The molecule has 0 heterocycles. The maximum Gasteiger partial charge on any atom is 0.305 e. The topological polar surface area (TPSA) is 66.4 Å². The Labute approximate surface area is 117 Å². The van der Waals surface area contributed by atoms with Crippen molar-refractivity contribution in [1.29, 1.82) is 0 Å². The number of rotatable bonds is 5. The van der Waals surface area contributed by atoms with Gasteiger partial charge in [-0.3, -0.25) is 9.59 Å². The summed E-state index contributed by atoms with van der Waals surface area (Å²) in [5, 5.41) is 12.1. The van der Waals surface area contributed by atoms with Crippen molar-refractivity contribution in [2.24, 2.45) is 5.92 Å². The quantitative estimate of drug-likeness (QED) is 0.873. The van der Waals surface area contributed by atoms with Crippen molar-refractivity contribution < 1.29 is 14.7 Å². The lowest BCUT2D eigenvalue weighted by atomic mass is 10.00. The molecule has 5 heteroatoms. The van der Waals surface area contributed by atoms with Gasteiger partial charge in [0.1, 0.15) is 0 Å². The fraction of sp³-hybridized carbons (Fsp3) is 0.429. The van der Waals surface area contributed by atoms with E-state index >= 15 is 0 Å². The minimum absolute atomic E-state index is 0.0412. The molecule has 0 fully saturated rings. The highest BCUT2D eigenvalue weighted by Gasteiger charge is 2.21. The largest absolute Gasteiger partial charge is 0.481 e. The van der Waals surface area contributed by atoms with E-state index in [1.165, 1.54) is 0 Å². The average molecular weight is 284 g/mol. The summed E-state index contributed by atoms with van der Waals surface area (Å²) in [6, 6.07) is 4.66. The van der Waals surface area contributed by atoms with Gasteiger partial charge in [0.05, 0.1) is 6.42 Å². The molecule has 0 aliphatic rings. The van der Waals surface area contributed by atoms with Crippen LogP contribution in [0.15, 0.2) is 18.2 Å². The van der Waals surface area contributed by atoms with Crippen LogP contribution in [0.1, 0.15) is 36.2 Å². The molecule has 0 spiro atoms. The molecule has 1 unspecified atom stereocenters. The van der Waals surface area contributed by atoms with Gasteiger partial charge < -0.3 is 10.4 Å². The lowest BCUT2D eigenvalue weighted by molar-refractivity contribution is -0.137. The summed E-state index contributed by atoms with van der Waals surface area (Å²) in [5.74, 6) is -1.18. The van der Waals surface area contributed by atoms with E-state index in [4.69, 9.17) is 16.7 Å². The summed E-state index contributed by atoms with van der Waals surface area (Å²) in [5.41, 5.74) is 1.28. The Kier molecular flexibility index (Phi) is 5.36. The fourth-order valence-corrected chi connectivity index (χ4v) is 1.90. The maximum atomic E-state index is 12.2. The predicted octanol–water partition coefficient (Wildman–Crippen LogP) is 2.88. The number of hydrogen-bond acceptors (Lipinski definition) is 2. The van der Waals surface area contributed by atoms with E-state index in [1.807, 2.05) is 20.8 Å². The minimum atomic E-state index is -0.929. The highest BCUT2D eigenvalue weighted by Crippen LogP contribution is 2.16. The van der Waals surface area contributed by atoms with Crippen LogP contribution in [0.5, 0.6) is 0 Å². The molecular formula is C14H18ClNO3. The van der Waals surface area contributed by atoms with Gasteiger partial charge in [-0.2, -0.15) is 0 Å². The molecule has 4 nitrogen and oxygen atoms in total. The molecule has 19 heavy (non-hydrogen) atoms. The molecule has 2 N–H and O–H groups in total. The Balaban J connectivity index is 2.87. The van der Waals surface area contributed by atoms with Crippen LogP contribution < -0.4 is 5.32 Å². The lowest BCUT2D eigenvalue weighted by Crippen LogP contribution is -2.40. The molecule has 0 saturated carbocycles. The Morgan fingerprint density at radius 3 is 2.53 bits per heavy atom. The molecule has 0 saturated heterocycles. The van der Waals surface area contributed by atoms with Crippen molar-refractivity contribution in [3.05, 3.63) is 34.3 Å². The number of aryl methyl sites for hydroxylation is 1. The van der Waals surface area contributed by atoms with E-state index in [9.17, 15) is 9.59 Å². The second kappa shape index (κ2) is 6.57. The van der Waals surface area contributed by atoms with Crippen LogP contribution in [0.2, 0.25) is 5.02 Å². The van der Waals surface area contributed by atoms with Crippen LogP contribution in [0.4, 0.5) is 0 Å². The van der Waals surface area contributed by atoms with E-state index in [2.05, 4.69) is 5.32 Å². The minimum Gasteiger partial charge on any atom is -0.481 e. The number of hydrogen-bond donors (Lipinski definition) is 2. The van der Waals surface area contributed by atoms with Gasteiger partial charge in [-0.25, -0.2) is 0 Å². The third kappa shape index (κ3) is 4.56. The number of aliphatic carboxylic acids is 1. The van der Waals surface area contributed by atoms with Gasteiger partial charge in [-0.05, 0) is 30.5 Å². The first kappa shape index (κ1) is 15.5. The number of carbonyl (C=O) groups is 2. The maximum absolute atomic E-state index is 12.2. The summed E-state index contributed by atoms with van der Waals surface area (Å²) in [6.45, 7) is 5.56. The molecule has 0 aliphatic carbocycles. The van der Waals surface area contributed by atoms with Gasteiger partial charge in [0.15, 0.2) is 0 Å². The van der Waals surface area contributed by atoms with E-state index in [0.29, 0.717) is 10.6 Å². The molecular weight excluding hydrogens is 266 g/mol. The molecule has 0 bridgehead atoms. The Morgan fingerprint density at radius 2 is 2.00 bits per heavy atom. The molecule has 0 radical (unpaired) electrons. The predicted molar refractivity (Wildman–Crippen MR) is 74.5 cm³/mol. The molecule has 1 aromatic rings. The lowest BCUT2D eigenvalue weighted by Gasteiger charge is -2.21. The normalized spacial score (nSPS) is 12.3. The van der Waals surface area contributed by atoms with Gasteiger partial charge in [0.2, 0.25) is 0 Å². The van der Waals surface area contributed by atoms with Gasteiger partial charge in [0.25, 0.3) is 5.91 Å². The van der Waals surface area contributed by atoms with Crippen LogP contribution >= 0.6 is 11.6 Å². The number of nitrogens with one attached hydrogen (secondary N) is 1. The second-order valence-electron chi connectivity index (χ2n) is 4.88. The van der Waals surface area contributed by atoms with Crippen molar-refractivity contribution in [3.63, 3.8) is 0 Å². The number of benzene rings is 1. The van der Waals surface area contributed by atoms with Crippen molar-refractivity contribution >= 4 is 23.5 Å².